The van der Waals surface area contributed by atoms with Crippen LogP contribution in [-0.4, -0.2) is 22.5 Å². The van der Waals surface area contributed by atoms with Crippen LogP contribution in [0.4, 0.5) is 11.4 Å². The molecule has 0 fully saturated rings. The first-order valence-corrected chi connectivity index (χ1v) is 6.90. The van der Waals surface area contributed by atoms with Gasteiger partial charge in [-0.05, 0) is 29.7 Å². The van der Waals surface area contributed by atoms with Gasteiger partial charge in [-0.15, -0.1) is 0 Å². The molecule has 0 atom stereocenters. The molecule has 0 spiro atoms. The number of hydrogen-bond donors (Lipinski definition) is 1. The maximum absolute atomic E-state index is 11.3. The van der Waals surface area contributed by atoms with Gasteiger partial charge in [-0.3, -0.25) is 10.1 Å². The zero-order valence-corrected chi connectivity index (χ0v) is 11.7. The molecule has 0 amide bonds. The van der Waals surface area contributed by atoms with Gasteiger partial charge in [0.2, 0.25) is 0 Å². The van der Waals surface area contributed by atoms with E-state index in [-0.39, 0.29) is 11.3 Å². The van der Waals surface area contributed by atoms with Crippen LogP contribution < -0.4 is 4.90 Å². The quantitative estimate of drug-likeness (QED) is 0.695. The van der Waals surface area contributed by atoms with Crippen molar-refractivity contribution < 1.29 is 14.8 Å². The molecule has 3 rings (SSSR count). The van der Waals surface area contributed by atoms with Crippen LogP contribution in [0.25, 0.3) is 0 Å². The minimum atomic E-state index is -1.17. The van der Waals surface area contributed by atoms with Gasteiger partial charge in [0, 0.05) is 19.2 Å². The van der Waals surface area contributed by atoms with Crippen LogP contribution in [0.5, 0.6) is 0 Å². The minimum absolute atomic E-state index is 0.0761. The Kier molecular flexibility index (Phi) is 3.50. The SMILES string of the molecule is O=C(O)c1ccc(N2CCc3ccccc3C2)c([N+](=O)[O-])c1. The molecular weight excluding hydrogens is 284 g/mol. The van der Waals surface area contributed by atoms with Crippen molar-refractivity contribution in [3.8, 4) is 0 Å². The van der Waals surface area contributed by atoms with Gasteiger partial charge in [0.15, 0.2) is 0 Å². The molecular formula is C16H14N2O4. The third-order valence-electron chi connectivity index (χ3n) is 3.89. The van der Waals surface area contributed by atoms with E-state index in [1.807, 2.05) is 23.1 Å². The summed E-state index contributed by atoms with van der Waals surface area (Å²) in [5, 5.41) is 20.3. The van der Waals surface area contributed by atoms with Crippen molar-refractivity contribution in [1.82, 2.24) is 0 Å². The lowest BCUT2D eigenvalue weighted by Gasteiger charge is -2.30. The van der Waals surface area contributed by atoms with E-state index in [9.17, 15) is 14.9 Å². The number of aromatic carboxylic acids is 1. The monoisotopic (exact) mass is 298 g/mol. The maximum atomic E-state index is 11.3. The summed E-state index contributed by atoms with van der Waals surface area (Å²) in [5.41, 5.74) is 2.62. The second-order valence-electron chi connectivity index (χ2n) is 5.21. The molecule has 0 saturated heterocycles. The smallest absolute Gasteiger partial charge is 0.335 e. The predicted octanol–water partition coefficient (Wildman–Crippen LogP) is 2.86. The Morgan fingerprint density at radius 2 is 1.91 bits per heavy atom. The van der Waals surface area contributed by atoms with Gasteiger partial charge in [0.05, 0.1) is 10.5 Å². The molecule has 1 aliphatic rings. The Morgan fingerprint density at radius 1 is 1.18 bits per heavy atom. The highest BCUT2D eigenvalue weighted by molar-refractivity contribution is 5.89. The summed E-state index contributed by atoms with van der Waals surface area (Å²) in [7, 11) is 0. The van der Waals surface area contributed by atoms with E-state index in [2.05, 4.69) is 6.07 Å². The Hall–Kier alpha value is -2.89. The van der Waals surface area contributed by atoms with Crippen LogP contribution >= 0.6 is 0 Å². The van der Waals surface area contributed by atoms with Gasteiger partial charge >= 0.3 is 5.97 Å². The van der Waals surface area contributed by atoms with Gasteiger partial charge in [-0.25, -0.2) is 4.79 Å². The Bertz CT molecular complexity index is 758. The van der Waals surface area contributed by atoms with Crippen molar-refractivity contribution in [2.24, 2.45) is 0 Å². The molecule has 0 bridgehead atoms. The van der Waals surface area contributed by atoms with E-state index in [0.717, 1.165) is 18.1 Å². The summed E-state index contributed by atoms with van der Waals surface area (Å²) < 4.78 is 0. The van der Waals surface area contributed by atoms with Crippen molar-refractivity contribution in [2.75, 3.05) is 11.4 Å². The molecule has 2 aromatic rings. The fourth-order valence-corrected chi connectivity index (χ4v) is 2.77. The average Bonchev–Trinajstić information content (AvgIpc) is 2.53. The largest absolute Gasteiger partial charge is 0.478 e. The topological polar surface area (TPSA) is 83.7 Å². The van der Waals surface area contributed by atoms with Gasteiger partial charge < -0.3 is 10.0 Å². The average molecular weight is 298 g/mol. The third kappa shape index (κ3) is 2.50. The normalized spacial score (nSPS) is 13.5. The van der Waals surface area contributed by atoms with E-state index >= 15 is 0 Å². The van der Waals surface area contributed by atoms with E-state index in [4.69, 9.17) is 5.11 Å². The molecule has 1 aliphatic heterocycles. The van der Waals surface area contributed by atoms with Crippen LogP contribution in [0.2, 0.25) is 0 Å². The minimum Gasteiger partial charge on any atom is -0.478 e. The van der Waals surface area contributed by atoms with Crippen LogP contribution in [0, 0.1) is 10.1 Å². The molecule has 0 aliphatic carbocycles. The van der Waals surface area contributed by atoms with Crippen LogP contribution in [0.3, 0.4) is 0 Å². The summed E-state index contributed by atoms with van der Waals surface area (Å²) in [6.07, 6.45) is 0.814. The number of rotatable bonds is 3. The van der Waals surface area contributed by atoms with Gasteiger partial charge in [-0.2, -0.15) is 0 Å². The molecule has 2 aromatic carbocycles. The summed E-state index contributed by atoms with van der Waals surface area (Å²) in [6, 6.07) is 12.1. The van der Waals surface area contributed by atoms with Crippen molar-refractivity contribution in [1.29, 1.82) is 0 Å². The fourth-order valence-electron chi connectivity index (χ4n) is 2.77. The summed E-state index contributed by atoms with van der Waals surface area (Å²) >= 11 is 0. The van der Waals surface area contributed by atoms with E-state index < -0.39 is 10.9 Å². The van der Waals surface area contributed by atoms with Crippen LogP contribution in [-0.2, 0) is 13.0 Å². The summed E-state index contributed by atoms with van der Waals surface area (Å²) in [6.45, 7) is 1.26. The molecule has 0 aromatic heterocycles. The first-order chi connectivity index (χ1) is 10.6. The molecule has 0 radical (unpaired) electrons. The molecule has 6 nitrogen and oxygen atoms in total. The Labute approximate surface area is 126 Å². The van der Waals surface area contributed by atoms with Gasteiger partial charge in [0.25, 0.3) is 5.69 Å². The van der Waals surface area contributed by atoms with Crippen molar-refractivity contribution in [3.05, 3.63) is 69.3 Å². The van der Waals surface area contributed by atoms with Crippen LogP contribution in [0.15, 0.2) is 42.5 Å². The number of nitro groups is 1. The molecule has 1 N–H and O–H groups in total. The Balaban J connectivity index is 1.99. The standard InChI is InChI=1S/C16H14N2O4/c19-16(20)12-5-6-14(15(9-12)18(21)22)17-8-7-11-3-1-2-4-13(11)10-17/h1-6,9H,7-8,10H2,(H,19,20). The summed E-state index contributed by atoms with van der Waals surface area (Å²) in [4.78, 5) is 23.7. The van der Waals surface area contributed by atoms with Crippen molar-refractivity contribution >= 4 is 17.3 Å². The van der Waals surface area contributed by atoms with Gasteiger partial charge in [0.1, 0.15) is 5.69 Å². The zero-order valence-electron chi connectivity index (χ0n) is 11.7. The molecule has 1 heterocycles. The lowest BCUT2D eigenvalue weighted by Crippen LogP contribution is -2.30. The number of fused-ring (bicyclic) bond motifs is 1. The lowest BCUT2D eigenvalue weighted by molar-refractivity contribution is -0.384. The first-order valence-electron chi connectivity index (χ1n) is 6.90. The Morgan fingerprint density at radius 3 is 2.59 bits per heavy atom. The molecule has 6 heteroatoms. The highest BCUT2D eigenvalue weighted by atomic mass is 16.6. The number of nitrogens with zero attached hydrogens (tertiary/aromatic N) is 2. The van der Waals surface area contributed by atoms with Crippen molar-refractivity contribution in [2.45, 2.75) is 13.0 Å². The first kappa shape index (κ1) is 14.1. The fraction of sp³-hybridized carbons (Fsp3) is 0.188. The number of carbonyl (C=O) groups is 1. The van der Waals surface area contributed by atoms with E-state index in [1.54, 1.807) is 0 Å². The predicted molar refractivity (Wildman–Crippen MR) is 81.3 cm³/mol. The third-order valence-corrected chi connectivity index (χ3v) is 3.89. The number of benzene rings is 2. The number of carboxylic acids is 1. The highest BCUT2D eigenvalue weighted by Crippen LogP contribution is 2.32. The highest BCUT2D eigenvalue weighted by Gasteiger charge is 2.24. The van der Waals surface area contributed by atoms with E-state index in [0.29, 0.717) is 18.8 Å². The number of nitro benzene ring substituents is 1. The second-order valence-corrected chi connectivity index (χ2v) is 5.21. The molecule has 0 saturated carbocycles. The molecule has 0 unspecified atom stereocenters. The number of anilines is 1. The van der Waals surface area contributed by atoms with Crippen LogP contribution in [0.1, 0.15) is 21.5 Å². The van der Waals surface area contributed by atoms with Crippen molar-refractivity contribution in [3.63, 3.8) is 0 Å². The zero-order chi connectivity index (χ0) is 15.7. The molecule has 22 heavy (non-hydrogen) atoms. The van der Waals surface area contributed by atoms with Gasteiger partial charge in [-0.1, -0.05) is 24.3 Å². The van der Waals surface area contributed by atoms with E-state index in [1.165, 1.54) is 17.7 Å². The number of hydrogen-bond acceptors (Lipinski definition) is 4. The maximum Gasteiger partial charge on any atom is 0.335 e. The number of carboxylic acid groups (broad SMARTS) is 1. The molecule has 112 valence electrons. The second kappa shape index (κ2) is 5.48. The summed E-state index contributed by atoms with van der Waals surface area (Å²) in [5.74, 6) is -1.17. The lowest BCUT2D eigenvalue weighted by atomic mass is 9.99.